The van der Waals surface area contributed by atoms with Gasteiger partial charge in [-0.15, -0.1) is 0 Å². The lowest BCUT2D eigenvalue weighted by Crippen LogP contribution is -2.34. The quantitative estimate of drug-likeness (QED) is 0.346. The molecule has 0 spiro atoms. The Labute approximate surface area is 206 Å². The van der Waals surface area contributed by atoms with Gasteiger partial charge in [0.15, 0.2) is 0 Å². The van der Waals surface area contributed by atoms with Crippen LogP contribution in [0.15, 0.2) is 66.7 Å². The number of hydrogen-bond acceptors (Lipinski definition) is 4. The van der Waals surface area contributed by atoms with Crippen LogP contribution in [-0.2, 0) is 13.0 Å². The molecule has 0 radical (unpaired) electrons. The van der Waals surface area contributed by atoms with Crippen molar-refractivity contribution in [3.8, 4) is 5.75 Å². The summed E-state index contributed by atoms with van der Waals surface area (Å²) in [5.74, 6) is -0.0222. The zero-order chi connectivity index (χ0) is 23.5. The van der Waals surface area contributed by atoms with E-state index in [2.05, 4.69) is 27.9 Å². The summed E-state index contributed by atoms with van der Waals surface area (Å²) < 4.78 is 5.98. The third-order valence-corrected chi connectivity index (χ3v) is 6.51. The van der Waals surface area contributed by atoms with Gasteiger partial charge in [-0.1, -0.05) is 30.3 Å². The number of fused-ring (bicyclic) bond motifs is 1. The van der Waals surface area contributed by atoms with Crippen molar-refractivity contribution in [1.82, 2.24) is 10.2 Å². The molecule has 0 fully saturated rings. The number of halogens is 1. The van der Waals surface area contributed by atoms with Crippen LogP contribution in [0.2, 0.25) is 0 Å². The third-order valence-electron chi connectivity index (χ3n) is 5.57. The third kappa shape index (κ3) is 4.93. The minimum atomic E-state index is -0.312. The van der Waals surface area contributed by atoms with E-state index in [4.69, 9.17) is 4.74 Å². The van der Waals surface area contributed by atoms with Crippen LogP contribution >= 0.6 is 22.6 Å². The smallest absolute Gasteiger partial charge is 0.261 e. The van der Waals surface area contributed by atoms with Crippen molar-refractivity contribution in [2.24, 2.45) is 0 Å². The molecule has 3 aromatic carbocycles. The van der Waals surface area contributed by atoms with Crippen molar-refractivity contribution in [3.05, 3.63) is 98.1 Å². The Morgan fingerprint density at radius 1 is 0.970 bits per heavy atom. The van der Waals surface area contributed by atoms with Gasteiger partial charge in [-0.25, -0.2) is 0 Å². The Kier molecular flexibility index (Phi) is 6.78. The summed E-state index contributed by atoms with van der Waals surface area (Å²) in [7, 11) is 1.63. The number of amides is 3. The minimum absolute atomic E-state index is 0.0819. The Balaban J connectivity index is 1.45. The lowest BCUT2D eigenvalue weighted by atomic mass is 10.1. The number of carbonyl (C=O) groups is 3. The highest BCUT2D eigenvalue weighted by molar-refractivity contribution is 14.1. The van der Waals surface area contributed by atoms with Gasteiger partial charge in [0.2, 0.25) is 0 Å². The molecule has 33 heavy (non-hydrogen) atoms. The van der Waals surface area contributed by atoms with Gasteiger partial charge in [-0.2, -0.15) is 0 Å². The zero-order valence-corrected chi connectivity index (χ0v) is 20.5. The second-order valence-corrected chi connectivity index (χ2v) is 9.15. The molecule has 168 valence electrons. The average molecular weight is 554 g/mol. The highest BCUT2D eigenvalue weighted by atomic mass is 127. The lowest BCUT2D eigenvalue weighted by molar-refractivity contribution is 0.0642. The van der Waals surface area contributed by atoms with E-state index in [-0.39, 0.29) is 30.3 Å². The zero-order valence-electron chi connectivity index (χ0n) is 18.3. The van der Waals surface area contributed by atoms with Crippen LogP contribution in [0.4, 0.5) is 0 Å². The molecule has 0 aromatic heterocycles. The fourth-order valence-electron chi connectivity index (χ4n) is 3.88. The first-order valence-electron chi connectivity index (χ1n) is 10.5. The van der Waals surface area contributed by atoms with Gasteiger partial charge < -0.3 is 10.1 Å². The summed E-state index contributed by atoms with van der Waals surface area (Å²) >= 11 is 2.12. The standard InChI is InChI=1S/C26H23IN2O4/c1-16(13-17-7-10-19(33-2)11-8-17)28-24(30)22-14-18(9-12-23(22)27)15-29-25(31)20-5-3-4-6-21(20)26(29)32/h3-12,14,16H,13,15H2,1-2H3,(H,28,30)/t16-/m0/s1. The molecule has 4 rings (SSSR count). The molecule has 0 bridgehead atoms. The van der Waals surface area contributed by atoms with Gasteiger partial charge in [-0.3, -0.25) is 19.3 Å². The van der Waals surface area contributed by atoms with E-state index >= 15 is 0 Å². The number of methoxy groups -OCH3 is 1. The van der Waals surface area contributed by atoms with Gasteiger partial charge in [0.25, 0.3) is 17.7 Å². The van der Waals surface area contributed by atoms with E-state index in [1.807, 2.05) is 43.3 Å². The maximum absolute atomic E-state index is 13.0. The summed E-state index contributed by atoms with van der Waals surface area (Å²) in [6.45, 7) is 2.07. The molecule has 0 aliphatic carbocycles. The van der Waals surface area contributed by atoms with Crippen molar-refractivity contribution in [3.63, 3.8) is 0 Å². The Hall–Kier alpha value is -3.20. The highest BCUT2D eigenvalue weighted by Gasteiger charge is 2.35. The molecule has 6 nitrogen and oxygen atoms in total. The number of nitrogens with zero attached hydrogens (tertiary/aromatic N) is 1. The summed E-state index contributed by atoms with van der Waals surface area (Å²) in [4.78, 5) is 39.5. The van der Waals surface area contributed by atoms with E-state index in [0.717, 1.165) is 20.4 Å². The van der Waals surface area contributed by atoms with Gasteiger partial charge in [0.05, 0.1) is 30.3 Å². The summed E-state index contributed by atoms with van der Waals surface area (Å²) in [5.41, 5.74) is 3.17. The van der Waals surface area contributed by atoms with Gasteiger partial charge in [0, 0.05) is 9.61 Å². The molecule has 1 atom stereocenters. The maximum Gasteiger partial charge on any atom is 0.261 e. The average Bonchev–Trinajstić information content (AvgIpc) is 3.05. The first-order chi connectivity index (χ1) is 15.9. The SMILES string of the molecule is COc1ccc(C[C@H](C)NC(=O)c2cc(CN3C(=O)c4ccccc4C3=O)ccc2I)cc1. The van der Waals surface area contributed by atoms with Crippen LogP contribution in [0.3, 0.4) is 0 Å². The topological polar surface area (TPSA) is 75.7 Å². The predicted octanol–water partition coefficient (Wildman–Crippen LogP) is 4.46. The second kappa shape index (κ2) is 9.74. The normalized spacial score (nSPS) is 13.6. The molecule has 1 N–H and O–H groups in total. The monoisotopic (exact) mass is 554 g/mol. The Bertz CT molecular complexity index is 1190. The molecule has 3 aromatic rings. The molecular formula is C26H23IN2O4. The number of ether oxygens (including phenoxy) is 1. The predicted molar refractivity (Wildman–Crippen MR) is 133 cm³/mol. The van der Waals surface area contributed by atoms with Crippen LogP contribution in [0, 0.1) is 3.57 Å². The molecular weight excluding hydrogens is 531 g/mol. The highest BCUT2D eigenvalue weighted by Crippen LogP contribution is 2.25. The van der Waals surface area contributed by atoms with Crippen molar-refractivity contribution in [1.29, 1.82) is 0 Å². The Morgan fingerprint density at radius 2 is 1.58 bits per heavy atom. The van der Waals surface area contributed by atoms with Crippen LogP contribution < -0.4 is 10.1 Å². The van der Waals surface area contributed by atoms with Crippen LogP contribution in [-0.4, -0.2) is 35.8 Å². The molecule has 1 heterocycles. The molecule has 0 saturated carbocycles. The summed E-state index contributed by atoms with van der Waals surface area (Å²) in [6, 6.07) is 19.9. The van der Waals surface area contributed by atoms with E-state index in [1.165, 1.54) is 4.90 Å². The summed E-state index contributed by atoms with van der Waals surface area (Å²) in [6.07, 6.45) is 0.682. The summed E-state index contributed by atoms with van der Waals surface area (Å²) in [5, 5.41) is 3.04. The van der Waals surface area contributed by atoms with Crippen molar-refractivity contribution < 1.29 is 19.1 Å². The second-order valence-electron chi connectivity index (χ2n) is 7.98. The molecule has 1 aliphatic rings. The van der Waals surface area contributed by atoms with Gasteiger partial charge in [-0.05, 0) is 83.5 Å². The lowest BCUT2D eigenvalue weighted by Gasteiger charge is -2.17. The van der Waals surface area contributed by atoms with Crippen molar-refractivity contribution in [2.45, 2.75) is 25.9 Å². The molecule has 0 unspecified atom stereocenters. The molecule has 3 amide bonds. The fourth-order valence-corrected chi connectivity index (χ4v) is 4.46. The fraction of sp³-hybridized carbons (Fsp3) is 0.192. The minimum Gasteiger partial charge on any atom is -0.497 e. The maximum atomic E-state index is 13.0. The molecule has 0 saturated heterocycles. The Morgan fingerprint density at radius 3 is 2.18 bits per heavy atom. The number of hydrogen-bond donors (Lipinski definition) is 1. The number of carbonyl (C=O) groups excluding carboxylic acids is 3. The van der Waals surface area contributed by atoms with Crippen molar-refractivity contribution >= 4 is 40.3 Å². The number of benzene rings is 3. The van der Waals surface area contributed by atoms with Crippen molar-refractivity contribution in [2.75, 3.05) is 7.11 Å². The van der Waals surface area contributed by atoms with Gasteiger partial charge >= 0.3 is 0 Å². The number of rotatable bonds is 7. The molecule has 1 aliphatic heterocycles. The number of imide groups is 1. The first-order valence-corrected chi connectivity index (χ1v) is 11.6. The first kappa shape index (κ1) is 23.0. The van der Waals surface area contributed by atoms with E-state index in [1.54, 1.807) is 37.4 Å². The van der Waals surface area contributed by atoms with Crippen LogP contribution in [0.5, 0.6) is 5.75 Å². The largest absolute Gasteiger partial charge is 0.497 e. The number of nitrogens with one attached hydrogen (secondary N) is 1. The van der Waals surface area contributed by atoms with Crippen LogP contribution in [0.25, 0.3) is 0 Å². The van der Waals surface area contributed by atoms with E-state index in [0.29, 0.717) is 23.1 Å². The molecule has 7 heteroatoms. The van der Waals surface area contributed by atoms with E-state index < -0.39 is 0 Å². The van der Waals surface area contributed by atoms with Gasteiger partial charge in [0.1, 0.15) is 5.75 Å². The van der Waals surface area contributed by atoms with Crippen LogP contribution in [0.1, 0.15) is 49.1 Å². The van der Waals surface area contributed by atoms with E-state index in [9.17, 15) is 14.4 Å².